The van der Waals surface area contributed by atoms with E-state index in [2.05, 4.69) is 20.8 Å². The third-order valence-corrected chi connectivity index (χ3v) is 11.3. The molecule has 4 rings (SSSR count). The lowest BCUT2D eigenvalue weighted by Gasteiger charge is -2.64. The van der Waals surface area contributed by atoms with Crippen LogP contribution in [0.2, 0.25) is 0 Å². The molecule has 6 heteroatoms. The lowest BCUT2D eigenvalue weighted by molar-refractivity contribution is -0.219. The van der Waals surface area contributed by atoms with Gasteiger partial charge in [-0.3, -0.25) is 4.79 Å². The van der Waals surface area contributed by atoms with E-state index in [1.54, 1.807) is 6.92 Å². The Bertz CT molecular complexity index is 727. The molecule has 0 aliphatic heterocycles. The molecule has 190 valence electrons. The Labute approximate surface area is 198 Å². The quantitative estimate of drug-likeness (QED) is 0.409. The SMILES string of the molecule is CC(CCCC(C)C1CCC2C3C(O)CC4CC(O)C(O)CC4(C)C3CC(O)C12C)C(=O)O. The zero-order valence-electron chi connectivity index (χ0n) is 20.9. The van der Waals surface area contributed by atoms with Gasteiger partial charge in [0.25, 0.3) is 0 Å². The predicted molar refractivity (Wildman–Crippen MR) is 125 cm³/mol. The van der Waals surface area contributed by atoms with Crippen LogP contribution in [0.3, 0.4) is 0 Å². The average molecular weight is 467 g/mol. The highest BCUT2D eigenvalue weighted by atomic mass is 16.4. The molecule has 4 fully saturated rings. The topological polar surface area (TPSA) is 118 Å². The molecule has 33 heavy (non-hydrogen) atoms. The molecule has 0 amide bonds. The summed E-state index contributed by atoms with van der Waals surface area (Å²) in [6.07, 6.45) is 4.71. The number of aliphatic carboxylic acids is 1. The van der Waals surface area contributed by atoms with Crippen molar-refractivity contribution in [2.75, 3.05) is 0 Å². The maximum atomic E-state index is 11.6. The predicted octanol–water partition coefficient (Wildman–Crippen LogP) is 3.45. The average Bonchev–Trinajstić information content (AvgIpc) is 3.09. The Kier molecular flexibility index (Phi) is 6.98. The minimum atomic E-state index is -0.734. The molecule has 0 spiro atoms. The highest BCUT2D eigenvalue weighted by molar-refractivity contribution is 5.69. The summed E-state index contributed by atoms with van der Waals surface area (Å²) in [4.78, 5) is 11.2. The Balaban J connectivity index is 1.52. The van der Waals surface area contributed by atoms with E-state index in [1.807, 2.05) is 0 Å². The summed E-state index contributed by atoms with van der Waals surface area (Å²) >= 11 is 0. The molecule has 0 aromatic heterocycles. The van der Waals surface area contributed by atoms with E-state index in [0.29, 0.717) is 43.9 Å². The van der Waals surface area contributed by atoms with Gasteiger partial charge in [-0.15, -0.1) is 0 Å². The van der Waals surface area contributed by atoms with Crippen LogP contribution < -0.4 is 0 Å². The van der Waals surface area contributed by atoms with Gasteiger partial charge in [0.1, 0.15) is 0 Å². The smallest absolute Gasteiger partial charge is 0.306 e. The highest BCUT2D eigenvalue weighted by Gasteiger charge is 2.66. The molecule has 0 aromatic carbocycles. The lowest BCUT2D eigenvalue weighted by Crippen LogP contribution is -2.63. The van der Waals surface area contributed by atoms with Crippen LogP contribution in [0.4, 0.5) is 0 Å². The second kappa shape index (κ2) is 9.07. The maximum Gasteiger partial charge on any atom is 0.306 e. The molecule has 4 aliphatic carbocycles. The van der Waals surface area contributed by atoms with E-state index in [1.165, 1.54) is 0 Å². The minimum Gasteiger partial charge on any atom is -0.481 e. The van der Waals surface area contributed by atoms with Crippen molar-refractivity contribution in [2.45, 2.75) is 110 Å². The van der Waals surface area contributed by atoms with E-state index in [4.69, 9.17) is 0 Å². The van der Waals surface area contributed by atoms with E-state index < -0.39 is 30.4 Å². The van der Waals surface area contributed by atoms with E-state index in [0.717, 1.165) is 25.7 Å². The van der Waals surface area contributed by atoms with Crippen molar-refractivity contribution < 1.29 is 30.3 Å². The molecule has 5 N–H and O–H groups in total. The van der Waals surface area contributed by atoms with Gasteiger partial charge < -0.3 is 25.5 Å². The van der Waals surface area contributed by atoms with Crippen LogP contribution in [0.5, 0.6) is 0 Å². The summed E-state index contributed by atoms with van der Waals surface area (Å²) < 4.78 is 0. The van der Waals surface area contributed by atoms with Crippen LogP contribution in [0.25, 0.3) is 0 Å². The third-order valence-electron chi connectivity index (χ3n) is 11.3. The molecule has 0 bridgehead atoms. The molecule has 0 aromatic rings. The molecule has 4 aliphatic rings. The van der Waals surface area contributed by atoms with Crippen LogP contribution in [0, 0.1) is 52.3 Å². The largest absolute Gasteiger partial charge is 0.481 e. The van der Waals surface area contributed by atoms with Crippen molar-refractivity contribution in [1.82, 2.24) is 0 Å². The van der Waals surface area contributed by atoms with Gasteiger partial charge in [0.15, 0.2) is 0 Å². The molecular formula is C27H46O6. The summed E-state index contributed by atoms with van der Waals surface area (Å²) in [5.41, 5.74) is -0.405. The Morgan fingerprint density at radius 1 is 0.909 bits per heavy atom. The van der Waals surface area contributed by atoms with Crippen molar-refractivity contribution in [3.05, 3.63) is 0 Å². The summed E-state index contributed by atoms with van der Waals surface area (Å²) in [6, 6.07) is 0. The third kappa shape index (κ3) is 4.07. The van der Waals surface area contributed by atoms with Gasteiger partial charge in [-0.1, -0.05) is 40.5 Å². The number of hydrogen-bond acceptors (Lipinski definition) is 5. The Morgan fingerprint density at radius 2 is 1.58 bits per heavy atom. The Hall–Kier alpha value is -0.690. The highest BCUT2D eigenvalue weighted by Crippen LogP contribution is 2.68. The van der Waals surface area contributed by atoms with Crippen molar-refractivity contribution in [3.63, 3.8) is 0 Å². The Morgan fingerprint density at radius 3 is 2.24 bits per heavy atom. The van der Waals surface area contributed by atoms with Crippen LogP contribution in [0.15, 0.2) is 0 Å². The van der Waals surface area contributed by atoms with Gasteiger partial charge in [0, 0.05) is 0 Å². The number of carbonyl (C=O) groups is 1. The van der Waals surface area contributed by atoms with E-state index >= 15 is 0 Å². The fraction of sp³-hybridized carbons (Fsp3) is 0.963. The minimum absolute atomic E-state index is 0.131. The van der Waals surface area contributed by atoms with Gasteiger partial charge in [0.05, 0.1) is 30.3 Å². The first-order valence-electron chi connectivity index (χ1n) is 13.4. The zero-order valence-corrected chi connectivity index (χ0v) is 20.9. The summed E-state index contributed by atoms with van der Waals surface area (Å²) in [7, 11) is 0. The molecule has 4 saturated carbocycles. The molecule has 13 atom stereocenters. The number of hydrogen-bond donors (Lipinski definition) is 5. The number of aliphatic hydroxyl groups is 4. The molecule has 0 radical (unpaired) electrons. The van der Waals surface area contributed by atoms with Crippen LogP contribution in [-0.2, 0) is 4.79 Å². The number of fused-ring (bicyclic) bond motifs is 5. The summed E-state index contributed by atoms with van der Waals surface area (Å²) in [5, 5.41) is 52.9. The van der Waals surface area contributed by atoms with Crippen LogP contribution in [0.1, 0.15) is 85.5 Å². The van der Waals surface area contributed by atoms with Crippen LogP contribution in [-0.4, -0.2) is 55.9 Å². The van der Waals surface area contributed by atoms with E-state index in [9.17, 15) is 30.3 Å². The second-order valence-electron chi connectivity index (χ2n) is 12.8. The van der Waals surface area contributed by atoms with Crippen molar-refractivity contribution >= 4 is 5.97 Å². The summed E-state index contributed by atoms with van der Waals surface area (Å²) in [6.45, 7) is 8.50. The first-order valence-corrected chi connectivity index (χ1v) is 13.4. The van der Waals surface area contributed by atoms with E-state index in [-0.39, 0.29) is 40.4 Å². The molecule has 13 unspecified atom stereocenters. The van der Waals surface area contributed by atoms with Gasteiger partial charge >= 0.3 is 5.97 Å². The fourth-order valence-electron chi connectivity index (χ4n) is 9.24. The van der Waals surface area contributed by atoms with Crippen molar-refractivity contribution in [3.8, 4) is 0 Å². The second-order valence-corrected chi connectivity index (χ2v) is 12.8. The van der Waals surface area contributed by atoms with Crippen molar-refractivity contribution in [2.24, 2.45) is 52.3 Å². The molecular weight excluding hydrogens is 420 g/mol. The number of aliphatic hydroxyl groups excluding tert-OH is 4. The molecule has 6 nitrogen and oxygen atoms in total. The number of carboxylic acids is 1. The summed E-state index contributed by atoms with van der Waals surface area (Å²) in [5.74, 6) is 0.448. The van der Waals surface area contributed by atoms with Crippen LogP contribution >= 0.6 is 0 Å². The van der Waals surface area contributed by atoms with Crippen molar-refractivity contribution in [1.29, 1.82) is 0 Å². The standard InChI is InChI=1S/C27H46O6/c1-14(6-5-7-15(2)25(32)33)17-8-9-18-24-19(12-23(31)27(17,18)4)26(3)13-22(30)20(28)10-16(26)11-21(24)29/h14-24,28-31H,5-13H2,1-4H3,(H,32,33). The molecule has 0 heterocycles. The van der Waals surface area contributed by atoms with Gasteiger partial charge in [0.2, 0.25) is 0 Å². The number of rotatable bonds is 6. The first-order chi connectivity index (χ1) is 15.4. The maximum absolute atomic E-state index is 11.6. The zero-order chi connectivity index (χ0) is 24.3. The number of carboxylic acid groups (broad SMARTS) is 1. The lowest BCUT2D eigenvalue weighted by atomic mass is 9.43. The van der Waals surface area contributed by atoms with Gasteiger partial charge in [-0.25, -0.2) is 0 Å². The molecule has 0 saturated heterocycles. The van der Waals surface area contributed by atoms with Gasteiger partial charge in [-0.05, 0) is 91.3 Å². The normalized spacial score (nSPS) is 51.2. The first kappa shape index (κ1) is 25.4. The monoisotopic (exact) mass is 466 g/mol. The van der Waals surface area contributed by atoms with Gasteiger partial charge in [-0.2, -0.15) is 0 Å². The fourth-order valence-corrected chi connectivity index (χ4v) is 9.24.